The summed E-state index contributed by atoms with van der Waals surface area (Å²) in [7, 11) is 0. The highest BCUT2D eigenvalue weighted by atomic mass is 16.5. The first-order valence-electron chi connectivity index (χ1n) is 13.2. The highest BCUT2D eigenvalue weighted by Gasteiger charge is 2.52. The van der Waals surface area contributed by atoms with Crippen LogP contribution >= 0.6 is 0 Å². The van der Waals surface area contributed by atoms with E-state index in [9.17, 15) is 0 Å². The van der Waals surface area contributed by atoms with E-state index in [0.717, 1.165) is 46.9 Å². The van der Waals surface area contributed by atoms with Crippen molar-refractivity contribution in [3.8, 4) is 34.0 Å². The highest BCUT2D eigenvalue weighted by molar-refractivity contribution is 5.93. The van der Waals surface area contributed by atoms with Crippen LogP contribution in [-0.2, 0) is 5.41 Å². The Labute approximate surface area is 221 Å². The van der Waals surface area contributed by atoms with E-state index in [4.69, 9.17) is 4.74 Å². The molecule has 5 aromatic rings. The number of nitrogens with zero attached hydrogens (tertiary/aromatic N) is 2. The van der Waals surface area contributed by atoms with Gasteiger partial charge in [0, 0.05) is 22.3 Å². The van der Waals surface area contributed by atoms with Gasteiger partial charge in [-0.25, -0.2) is 0 Å². The Bertz CT molecular complexity index is 1780. The predicted molar refractivity (Wildman–Crippen MR) is 151 cm³/mol. The van der Waals surface area contributed by atoms with Crippen molar-refractivity contribution in [2.24, 2.45) is 0 Å². The van der Waals surface area contributed by atoms with Gasteiger partial charge < -0.3 is 4.74 Å². The zero-order valence-corrected chi connectivity index (χ0v) is 20.8. The first-order valence-corrected chi connectivity index (χ1v) is 13.2. The van der Waals surface area contributed by atoms with Gasteiger partial charge in [-0.3, -0.25) is 0 Å². The minimum Gasteiger partial charge on any atom is -0.456 e. The topological polar surface area (TPSA) is 35.0 Å². The quantitative estimate of drug-likeness (QED) is 0.250. The van der Waals surface area contributed by atoms with Crippen LogP contribution in [0.15, 0.2) is 127 Å². The van der Waals surface area contributed by atoms with E-state index in [1.165, 1.54) is 33.4 Å². The second-order valence-electron chi connectivity index (χ2n) is 10.1. The Kier molecular flexibility index (Phi) is 4.56. The molecule has 2 aliphatic carbocycles. The number of hydrogen-bond donors (Lipinski definition) is 0. The number of hydrogen-bond acceptors (Lipinski definition) is 3. The van der Waals surface area contributed by atoms with Gasteiger partial charge in [-0.1, -0.05) is 97.1 Å². The third-order valence-electron chi connectivity index (χ3n) is 8.18. The summed E-state index contributed by atoms with van der Waals surface area (Å²) in [5.41, 5.74) is 11.1. The molecule has 4 aromatic carbocycles. The molecule has 0 radical (unpaired) electrons. The Morgan fingerprint density at radius 2 is 1.32 bits per heavy atom. The van der Waals surface area contributed by atoms with Gasteiger partial charge in [0.05, 0.1) is 16.8 Å². The van der Waals surface area contributed by atoms with Crippen LogP contribution in [0.5, 0.6) is 11.5 Å². The number of benzene rings is 4. The van der Waals surface area contributed by atoms with Gasteiger partial charge in [0.1, 0.15) is 11.5 Å². The fourth-order valence-corrected chi connectivity index (χ4v) is 6.63. The van der Waals surface area contributed by atoms with E-state index in [1.807, 2.05) is 24.3 Å². The molecule has 0 amide bonds. The Morgan fingerprint density at radius 1 is 0.605 bits per heavy atom. The van der Waals surface area contributed by atoms with Crippen LogP contribution in [0.1, 0.15) is 35.1 Å². The molecule has 0 saturated carbocycles. The summed E-state index contributed by atoms with van der Waals surface area (Å²) in [6.07, 6.45) is 6.69. The molecule has 1 spiro atoms. The molecule has 1 unspecified atom stereocenters. The number of aromatic nitrogens is 2. The van der Waals surface area contributed by atoms with Crippen molar-refractivity contribution in [1.82, 2.24) is 10.2 Å². The van der Waals surface area contributed by atoms with Crippen LogP contribution in [0.3, 0.4) is 0 Å². The SMILES string of the molecule is C1=CC2=C(CC1)C1(c3ccccc3Oc3c(-c4ccc(-c5ccccc5)nn4)cccc31)c1ccccc12. The average molecular weight is 489 g/mol. The Balaban J connectivity index is 1.38. The summed E-state index contributed by atoms with van der Waals surface area (Å²) < 4.78 is 6.75. The van der Waals surface area contributed by atoms with E-state index in [-0.39, 0.29) is 0 Å². The summed E-state index contributed by atoms with van der Waals surface area (Å²) in [6.45, 7) is 0. The maximum atomic E-state index is 6.75. The number of allylic oxidation sites excluding steroid dienone is 4. The predicted octanol–water partition coefficient (Wildman–Crippen LogP) is 8.37. The molecular formula is C35H24N2O. The lowest BCUT2D eigenvalue weighted by atomic mass is 9.63. The molecule has 2 heterocycles. The fraction of sp³-hybridized carbons (Fsp3) is 0.0857. The standard InChI is InChI=1S/C35H24N2O/c1-2-11-23(12-3-1)31-21-22-32(37-36-31)26-15-10-19-30-34(26)38-33-20-9-8-18-29(33)35(30)27-16-6-4-13-24(27)25-14-5-7-17-28(25)35/h1-6,8-16,18-22H,7,17H2. The van der Waals surface area contributed by atoms with Crippen molar-refractivity contribution in [2.75, 3.05) is 0 Å². The maximum Gasteiger partial charge on any atom is 0.141 e. The summed E-state index contributed by atoms with van der Waals surface area (Å²) in [4.78, 5) is 0. The zero-order valence-electron chi connectivity index (χ0n) is 20.8. The van der Waals surface area contributed by atoms with Crippen molar-refractivity contribution in [3.63, 3.8) is 0 Å². The molecule has 1 aromatic heterocycles. The molecule has 0 bridgehead atoms. The molecule has 3 aliphatic rings. The van der Waals surface area contributed by atoms with Gasteiger partial charge in [-0.2, -0.15) is 0 Å². The second kappa shape index (κ2) is 8.12. The van der Waals surface area contributed by atoms with Crippen molar-refractivity contribution >= 4 is 5.57 Å². The third kappa shape index (κ3) is 2.84. The third-order valence-corrected chi connectivity index (χ3v) is 8.18. The van der Waals surface area contributed by atoms with Gasteiger partial charge in [-0.05, 0) is 59.4 Å². The lowest BCUT2D eigenvalue weighted by Crippen LogP contribution is -2.33. The van der Waals surface area contributed by atoms with Gasteiger partial charge in [0.15, 0.2) is 0 Å². The molecule has 180 valence electrons. The van der Waals surface area contributed by atoms with Crippen LogP contribution in [-0.4, -0.2) is 10.2 Å². The van der Waals surface area contributed by atoms with E-state index in [0.29, 0.717) is 0 Å². The summed E-state index contributed by atoms with van der Waals surface area (Å²) in [5, 5.41) is 9.26. The number of rotatable bonds is 2. The molecule has 0 fully saturated rings. The van der Waals surface area contributed by atoms with E-state index in [1.54, 1.807) is 0 Å². The maximum absolute atomic E-state index is 6.75. The smallest absolute Gasteiger partial charge is 0.141 e. The van der Waals surface area contributed by atoms with Gasteiger partial charge in [0.25, 0.3) is 0 Å². The monoisotopic (exact) mass is 488 g/mol. The minimum absolute atomic E-state index is 0.395. The molecule has 1 aliphatic heterocycles. The van der Waals surface area contributed by atoms with Crippen LogP contribution in [0.25, 0.3) is 28.1 Å². The first kappa shape index (κ1) is 21.3. The van der Waals surface area contributed by atoms with Crippen LogP contribution < -0.4 is 4.74 Å². The highest BCUT2D eigenvalue weighted by Crippen LogP contribution is 2.63. The van der Waals surface area contributed by atoms with Crippen molar-refractivity contribution < 1.29 is 4.74 Å². The van der Waals surface area contributed by atoms with Crippen LogP contribution in [0.4, 0.5) is 0 Å². The first-order chi connectivity index (χ1) is 18.9. The van der Waals surface area contributed by atoms with Gasteiger partial charge in [0.2, 0.25) is 0 Å². The molecule has 38 heavy (non-hydrogen) atoms. The van der Waals surface area contributed by atoms with Gasteiger partial charge in [-0.15, -0.1) is 10.2 Å². The number of para-hydroxylation sites is 2. The van der Waals surface area contributed by atoms with E-state index < -0.39 is 5.41 Å². The normalized spacial score (nSPS) is 18.4. The molecular weight excluding hydrogens is 464 g/mol. The van der Waals surface area contributed by atoms with Crippen molar-refractivity contribution in [2.45, 2.75) is 18.3 Å². The molecule has 1 atom stereocenters. The summed E-state index contributed by atoms with van der Waals surface area (Å²) in [6, 6.07) is 38.2. The molecule has 3 nitrogen and oxygen atoms in total. The molecule has 3 heteroatoms. The lowest BCUT2D eigenvalue weighted by Gasteiger charge is -2.41. The molecule has 0 saturated heterocycles. The average Bonchev–Trinajstić information content (AvgIpc) is 3.29. The fourth-order valence-electron chi connectivity index (χ4n) is 6.63. The van der Waals surface area contributed by atoms with E-state index >= 15 is 0 Å². The Morgan fingerprint density at radius 3 is 2.18 bits per heavy atom. The van der Waals surface area contributed by atoms with Crippen LogP contribution in [0, 0.1) is 0 Å². The van der Waals surface area contributed by atoms with Crippen LogP contribution in [0.2, 0.25) is 0 Å². The number of ether oxygens (including phenoxy) is 1. The summed E-state index contributed by atoms with van der Waals surface area (Å²) >= 11 is 0. The molecule has 8 rings (SSSR count). The largest absolute Gasteiger partial charge is 0.456 e. The second-order valence-corrected chi connectivity index (χ2v) is 10.1. The van der Waals surface area contributed by atoms with Crippen molar-refractivity contribution in [1.29, 1.82) is 0 Å². The van der Waals surface area contributed by atoms with E-state index in [2.05, 4.69) is 107 Å². The van der Waals surface area contributed by atoms with Gasteiger partial charge >= 0.3 is 0 Å². The van der Waals surface area contributed by atoms with Crippen molar-refractivity contribution in [3.05, 3.63) is 149 Å². The Hall–Kier alpha value is -4.76. The number of fused-ring (bicyclic) bond motifs is 8. The minimum atomic E-state index is -0.395. The lowest BCUT2D eigenvalue weighted by molar-refractivity contribution is 0.433. The summed E-state index contributed by atoms with van der Waals surface area (Å²) in [5.74, 6) is 1.77. The zero-order chi connectivity index (χ0) is 25.1. The molecule has 0 N–H and O–H groups in total.